The Morgan fingerprint density at radius 2 is 2.00 bits per heavy atom. The Morgan fingerprint density at radius 1 is 1.23 bits per heavy atom. The molecule has 1 aromatic heterocycles. The molecule has 2 rings (SSSR count). The predicted octanol–water partition coefficient (Wildman–Crippen LogP) is 3.56. The number of thiophene rings is 1. The number of hydrogen-bond acceptors (Lipinski definition) is 3. The van der Waals surface area contributed by atoms with E-state index in [0.717, 1.165) is 51.6 Å². The number of carbonyl (C=O) groups is 2. The number of likely N-dealkylation sites (tertiary alicyclic amines) is 1. The molecule has 0 atom stereocenters. The maximum Gasteiger partial charge on any atom is 0.303 e. The maximum atomic E-state index is 12.1. The summed E-state index contributed by atoms with van der Waals surface area (Å²) in [5, 5.41) is 10.9. The van der Waals surface area contributed by atoms with Crippen molar-refractivity contribution in [2.45, 2.75) is 51.4 Å². The van der Waals surface area contributed by atoms with Gasteiger partial charge in [-0.25, -0.2) is 0 Å². The van der Waals surface area contributed by atoms with E-state index in [1.807, 2.05) is 4.90 Å². The highest BCUT2D eigenvalue weighted by atomic mass is 32.1. The van der Waals surface area contributed by atoms with E-state index in [-0.39, 0.29) is 18.2 Å². The highest BCUT2D eigenvalue weighted by Crippen LogP contribution is 2.21. The summed E-state index contributed by atoms with van der Waals surface area (Å²) in [7, 11) is 0. The van der Waals surface area contributed by atoms with Crippen LogP contribution in [0.25, 0.3) is 0 Å². The number of carboxylic acids is 1. The number of rotatable bonds is 8. The Kier molecular flexibility index (Phi) is 6.90. The van der Waals surface area contributed by atoms with Crippen LogP contribution >= 0.6 is 11.3 Å². The molecule has 1 aliphatic rings. The van der Waals surface area contributed by atoms with Gasteiger partial charge in [0.2, 0.25) is 5.91 Å². The molecule has 0 spiro atoms. The summed E-state index contributed by atoms with van der Waals surface area (Å²) in [4.78, 5) is 26.2. The van der Waals surface area contributed by atoms with Crippen LogP contribution in [-0.2, 0) is 16.0 Å². The van der Waals surface area contributed by atoms with Crippen molar-refractivity contribution in [3.8, 4) is 0 Å². The summed E-state index contributed by atoms with van der Waals surface area (Å²) in [6.45, 7) is 1.46. The lowest BCUT2D eigenvalue weighted by Crippen LogP contribution is -2.38. The summed E-state index contributed by atoms with van der Waals surface area (Å²) < 4.78 is 0. The quantitative estimate of drug-likeness (QED) is 0.744. The number of nitrogens with zero attached hydrogens (tertiary/aromatic N) is 1. The lowest BCUT2D eigenvalue weighted by atomic mass is 9.93. The van der Waals surface area contributed by atoms with Crippen LogP contribution in [0.3, 0.4) is 0 Å². The van der Waals surface area contributed by atoms with Crippen LogP contribution in [0.2, 0.25) is 0 Å². The average molecular weight is 323 g/mol. The summed E-state index contributed by atoms with van der Waals surface area (Å²) in [6.07, 6.45) is 6.85. The van der Waals surface area contributed by atoms with Crippen LogP contribution in [0.15, 0.2) is 17.5 Å². The molecule has 0 aromatic carbocycles. The second-order valence-electron chi connectivity index (χ2n) is 6.06. The van der Waals surface area contributed by atoms with Crippen molar-refractivity contribution >= 4 is 23.2 Å². The van der Waals surface area contributed by atoms with Gasteiger partial charge in [-0.15, -0.1) is 11.3 Å². The van der Waals surface area contributed by atoms with Crippen LogP contribution in [0.1, 0.15) is 49.8 Å². The third-order valence-electron chi connectivity index (χ3n) is 4.32. The lowest BCUT2D eigenvalue weighted by molar-refractivity contribution is -0.138. The number of hydrogen-bond donors (Lipinski definition) is 1. The number of aliphatic carboxylic acids is 1. The summed E-state index contributed by atoms with van der Waals surface area (Å²) in [5.41, 5.74) is 0. The van der Waals surface area contributed by atoms with Crippen LogP contribution in [0.4, 0.5) is 0 Å². The minimum absolute atomic E-state index is 0.241. The van der Waals surface area contributed by atoms with Crippen molar-refractivity contribution in [2.75, 3.05) is 13.1 Å². The number of carboxylic acid groups (broad SMARTS) is 1. The monoisotopic (exact) mass is 323 g/mol. The first-order chi connectivity index (χ1) is 10.6. The van der Waals surface area contributed by atoms with Crippen molar-refractivity contribution in [1.82, 2.24) is 4.90 Å². The first kappa shape index (κ1) is 17.0. The van der Waals surface area contributed by atoms with Crippen LogP contribution in [0.5, 0.6) is 0 Å². The van der Waals surface area contributed by atoms with Crippen LogP contribution in [-0.4, -0.2) is 35.0 Å². The molecule has 5 heteroatoms. The first-order valence-corrected chi connectivity index (χ1v) is 9.05. The Bertz CT molecular complexity index is 464. The maximum absolute atomic E-state index is 12.1. The number of piperidine rings is 1. The molecule has 22 heavy (non-hydrogen) atoms. The fourth-order valence-electron chi connectivity index (χ4n) is 3.00. The third kappa shape index (κ3) is 5.79. The number of aryl methyl sites for hydroxylation is 1. The molecular weight excluding hydrogens is 298 g/mol. The minimum atomic E-state index is -0.726. The Morgan fingerprint density at radius 3 is 2.64 bits per heavy atom. The van der Waals surface area contributed by atoms with Gasteiger partial charge in [0.25, 0.3) is 0 Å². The molecule has 122 valence electrons. The van der Waals surface area contributed by atoms with Gasteiger partial charge in [0.05, 0.1) is 0 Å². The van der Waals surface area contributed by atoms with Gasteiger partial charge in [0.1, 0.15) is 0 Å². The number of carbonyl (C=O) groups excluding carboxylic acids is 1. The molecule has 1 amide bonds. The molecule has 1 aromatic rings. The number of amides is 1. The van der Waals surface area contributed by atoms with E-state index < -0.39 is 5.97 Å². The van der Waals surface area contributed by atoms with Gasteiger partial charge in [-0.1, -0.05) is 12.5 Å². The molecule has 0 unspecified atom stereocenters. The molecule has 0 saturated carbocycles. The van der Waals surface area contributed by atoms with Gasteiger partial charge in [0.15, 0.2) is 0 Å². The van der Waals surface area contributed by atoms with Crippen molar-refractivity contribution < 1.29 is 14.7 Å². The van der Waals surface area contributed by atoms with Gasteiger partial charge >= 0.3 is 5.97 Å². The zero-order valence-corrected chi connectivity index (χ0v) is 13.8. The van der Waals surface area contributed by atoms with Gasteiger partial charge in [0, 0.05) is 30.8 Å². The van der Waals surface area contributed by atoms with E-state index in [9.17, 15) is 9.59 Å². The second-order valence-corrected chi connectivity index (χ2v) is 7.09. The van der Waals surface area contributed by atoms with Crippen molar-refractivity contribution in [1.29, 1.82) is 0 Å². The van der Waals surface area contributed by atoms with Gasteiger partial charge < -0.3 is 10.0 Å². The van der Waals surface area contributed by atoms with E-state index in [2.05, 4.69) is 17.5 Å². The standard InChI is InChI=1S/C17H25NO3S/c19-16(7-3-1-2-5-15-6-4-12-22-15)18-10-8-14(9-11-18)13-17(20)21/h4,6,12,14H,1-3,5,7-11,13H2,(H,20,21). The van der Waals surface area contributed by atoms with Crippen molar-refractivity contribution in [3.05, 3.63) is 22.4 Å². The van der Waals surface area contributed by atoms with E-state index in [1.54, 1.807) is 11.3 Å². The SMILES string of the molecule is O=C(O)CC1CCN(C(=O)CCCCCc2cccs2)CC1. The first-order valence-electron chi connectivity index (χ1n) is 8.17. The van der Waals surface area contributed by atoms with Crippen LogP contribution in [0, 0.1) is 5.92 Å². The zero-order valence-electron chi connectivity index (χ0n) is 13.0. The predicted molar refractivity (Wildman–Crippen MR) is 88.0 cm³/mol. The van der Waals surface area contributed by atoms with Gasteiger partial charge in [-0.05, 0) is 49.5 Å². The normalized spacial score (nSPS) is 15.9. The molecule has 1 aliphatic heterocycles. The molecule has 1 fully saturated rings. The molecule has 0 radical (unpaired) electrons. The molecule has 4 nitrogen and oxygen atoms in total. The van der Waals surface area contributed by atoms with Crippen molar-refractivity contribution in [2.24, 2.45) is 5.92 Å². The van der Waals surface area contributed by atoms with E-state index >= 15 is 0 Å². The van der Waals surface area contributed by atoms with Gasteiger partial charge in [-0.2, -0.15) is 0 Å². The molecular formula is C17H25NO3S. The molecule has 0 bridgehead atoms. The summed E-state index contributed by atoms with van der Waals surface area (Å²) in [5.74, 6) is -0.243. The Labute approximate surface area is 136 Å². The van der Waals surface area contributed by atoms with E-state index in [4.69, 9.17) is 5.11 Å². The van der Waals surface area contributed by atoms with Crippen molar-refractivity contribution in [3.63, 3.8) is 0 Å². The number of unbranched alkanes of at least 4 members (excludes halogenated alkanes) is 2. The Balaban J connectivity index is 1.55. The van der Waals surface area contributed by atoms with E-state index in [1.165, 1.54) is 4.88 Å². The summed E-state index contributed by atoms with van der Waals surface area (Å²) in [6, 6.07) is 4.24. The summed E-state index contributed by atoms with van der Waals surface area (Å²) >= 11 is 1.80. The van der Waals surface area contributed by atoms with E-state index in [0.29, 0.717) is 6.42 Å². The smallest absolute Gasteiger partial charge is 0.303 e. The van der Waals surface area contributed by atoms with Gasteiger partial charge in [-0.3, -0.25) is 9.59 Å². The molecule has 1 saturated heterocycles. The highest BCUT2D eigenvalue weighted by Gasteiger charge is 2.23. The molecule has 0 aliphatic carbocycles. The largest absolute Gasteiger partial charge is 0.481 e. The fourth-order valence-corrected chi connectivity index (χ4v) is 3.75. The zero-order chi connectivity index (χ0) is 15.8. The van der Waals surface area contributed by atoms with Crippen LogP contribution < -0.4 is 0 Å². The molecule has 2 heterocycles. The lowest BCUT2D eigenvalue weighted by Gasteiger charge is -2.31. The highest BCUT2D eigenvalue weighted by molar-refractivity contribution is 7.09. The molecule has 1 N–H and O–H groups in total. The second kappa shape index (κ2) is 8.93. The Hall–Kier alpha value is -1.36. The third-order valence-corrected chi connectivity index (χ3v) is 5.26. The average Bonchev–Trinajstić information content (AvgIpc) is 3.00. The fraction of sp³-hybridized carbons (Fsp3) is 0.647. The minimum Gasteiger partial charge on any atom is -0.481 e. The topological polar surface area (TPSA) is 57.6 Å².